The van der Waals surface area contributed by atoms with Crippen LogP contribution >= 0.6 is 11.8 Å². The Hall–Kier alpha value is -3.13. The summed E-state index contributed by atoms with van der Waals surface area (Å²) in [5.74, 6) is -3.20. The summed E-state index contributed by atoms with van der Waals surface area (Å²) in [6, 6.07) is -4.32. The van der Waals surface area contributed by atoms with Crippen molar-refractivity contribution in [2.24, 2.45) is 17.4 Å². The van der Waals surface area contributed by atoms with E-state index in [1.54, 1.807) is 11.8 Å². The topological polar surface area (TPSA) is 222 Å². The molecule has 0 radical (unpaired) electrons. The average Bonchev–Trinajstić information content (AvgIpc) is 3.31. The first-order valence-corrected chi connectivity index (χ1v) is 13.0. The largest absolute Gasteiger partial charge is 0.480 e. The van der Waals surface area contributed by atoms with Crippen LogP contribution in [0.3, 0.4) is 0 Å². The van der Waals surface area contributed by atoms with Gasteiger partial charge in [-0.05, 0) is 37.2 Å². The highest BCUT2D eigenvalue weighted by Crippen LogP contribution is 2.09. The Morgan fingerprint density at radius 3 is 2.17 bits per heavy atom. The molecule has 4 unspecified atom stereocenters. The van der Waals surface area contributed by atoms with Gasteiger partial charge in [-0.25, -0.2) is 9.78 Å². The number of thioether (sulfide) groups is 1. The number of amides is 4. The maximum atomic E-state index is 13.2. The SMILES string of the molecule is CSCCC(N)C(=O)NC(CC(C)C)C(=O)NC(Cc1cnc[nH]1)C(=O)NC(CCC(N)=O)C(=O)O. The second-order valence-electron chi connectivity index (χ2n) is 8.83. The highest BCUT2D eigenvalue weighted by atomic mass is 32.2. The number of nitrogens with zero attached hydrogens (tertiary/aromatic N) is 1. The number of aromatic nitrogens is 2. The molecule has 1 rings (SSSR count). The van der Waals surface area contributed by atoms with Crippen molar-refractivity contribution in [3.05, 3.63) is 18.2 Å². The van der Waals surface area contributed by atoms with Crippen LogP contribution in [0, 0.1) is 5.92 Å². The van der Waals surface area contributed by atoms with E-state index in [0.29, 0.717) is 24.3 Å². The minimum absolute atomic E-state index is 0.0185. The summed E-state index contributed by atoms with van der Waals surface area (Å²) in [6.07, 6.45) is 5.03. The number of aliphatic carboxylic acids is 1. The molecule has 0 spiro atoms. The van der Waals surface area contributed by atoms with Gasteiger partial charge in [-0.15, -0.1) is 0 Å². The molecule has 1 aromatic rings. The Bertz CT molecular complexity index is 880. The standard InChI is InChI=1S/C22H37N7O6S/c1-12(2)8-16(28-19(31)14(23)6-7-36-3)20(32)29-17(9-13-10-25-11-26-13)21(33)27-15(22(34)35)4-5-18(24)30/h10-12,14-17H,4-9,23H2,1-3H3,(H2,24,30)(H,25,26)(H,27,33)(H,28,31)(H,29,32)(H,34,35). The van der Waals surface area contributed by atoms with Gasteiger partial charge in [0.25, 0.3) is 0 Å². The number of hydrogen-bond donors (Lipinski definition) is 7. The third-order valence-corrected chi connectivity index (χ3v) is 5.86. The zero-order chi connectivity index (χ0) is 27.3. The fraction of sp³-hybridized carbons (Fsp3) is 0.636. The van der Waals surface area contributed by atoms with Gasteiger partial charge in [0.2, 0.25) is 23.6 Å². The number of primary amides is 1. The highest BCUT2D eigenvalue weighted by Gasteiger charge is 2.31. The molecule has 1 heterocycles. The summed E-state index contributed by atoms with van der Waals surface area (Å²) >= 11 is 1.55. The molecule has 0 aromatic carbocycles. The van der Waals surface area contributed by atoms with Crippen LogP contribution in [-0.2, 0) is 30.4 Å². The van der Waals surface area contributed by atoms with Crippen LogP contribution < -0.4 is 27.4 Å². The first-order chi connectivity index (χ1) is 16.9. The summed E-state index contributed by atoms with van der Waals surface area (Å²) in [5, 5.41) is 17.1. The summed E-state index contributed by atoms with van der Waals surface area (Å²) in [4.78, 5) is 68.1. The summed E-state index contributed by atoms with van der Waals surface area (Å²) in [6.45, 7) is 3.76. The number of H-pyrrole nitrogens is 1. The van der Waals surface area contributed by atoms with Crippen molar-refractivity contribution in [3.63, 3.8) is 0 Å². The molecule has 1 aromatic heterocycles. The van der Waals surface area contributed by atoms with Gasteiger partial charge >= 0.3 is 5.97 Å². The molecular weight excluding hydrogens is 490 g/mol. The molecular formula is C22H37N7O6S. The molecule has 202 valence electrons. The molecule has 13 nitrogen and oxygen atoms in total. The number of carbonyl (C=O) groups excluding carboxylic acids is 4. The predicted octanol–water partition coefficient (Wildman–Crippen LogP) is -1.12. The third kappa shape index (κ3) is 11.5. The number of hydrogen-bond acceptors (Lipinski definition) is 8. The van der Waals surface area contributed by atoms with Gasteiger partial charge in [-0.3, -0.25) is 19.2 Å². The molecule has 0 saturated carbocycles. The van der Waals surface area contributed by atoms with E-state index in [9.17, 15) is 29.1 Å². The normalized spacial score (nSPS) is 14.4. The van der Waals surface area contributed by atoms with Gasteiger partial charge in [-0.1, -0.05) is 13.8 Å². The van der Waals surface area contributed by atoms with Crippen molar-refractivity contribution < 1.29 is 29.1 Å². The molecule has 0 saturated heterocycles. The molecule has 0 bridgehead atoms. The summed E-state index contributed by atoms with van der Waals surface area (Å²) < 4.78 is 0. The molecule has 4 atom stereocenters. The van der Waals surface area contributed by atoms with E-state index >= 15 is 0 Å². The van der Waals surface area contributed by atoms with Gasteiger partial charge in [0.15, 0.2) is 0 Å². The van der Waals surface area contributed by atoms with Crippen LogP contribution in [0.4, 0.5) is 0 Å². The minimum Gasteiger partial charge on any atom is -0.480 e. The Morgan fingerprint density at radius 2 is 1.64 bits per heavy atom. The zero-order valence-corrected chi connectivity index (χ0v) is 21.6. The second kappa shape index (κ2) is 15.8. The fourth-order valence-electron chi connectivity index (χ4n) is 3.27. The van der Waals surface area contributed by atoms with Crippen molar-refractivity contribution in [3.8, 4) is 0 Å². The Labute approximate surface area is 214 Å². The fourth-order valence-corrected chi connectivity index (χ4v) is 3.76. The molecule has 0 fully saturated rings. The third-order valence-electron chi connectivity index (χ3n) is 5.22. The number of nitrogens with two attached hydrogens (primary N) is 2. The smallest absolute Gasteiger partial charge is 0.326 e. The van der Waals surface area contributed by atoms with Crippen molar-refractivity contribution in [1.29, 1.82) is 0 Å². The van der Waals surface area contributed by atoms with E-state index in [1.807, 2.05) is 20.1 Å². The maximum Gasteiger partial charge on any atom is 0.326 e. The molecule has 36 heavy (non-hydrogen) atoms. The zero-order valence-electron chi connectivity index (χ0n) is 20.8. The first kappa shape index (κ1) is 30.9. The van der Waals surface area contributed by atoms with Crippen molar-refractivity contribution in [2.75, 3.05) is 12.0 Å². The second-order valence-corrected chi connectivity index (χ2v) is 9.81. The van der Waals surface area contributed by atoms with Gasteiger partial charge in [0.1, 0.15) is 18.1 Å². The van der Waals surface area contributed by atoms with Crippen LogP contribution in [-0.4, -0.2) is 80.8 Å². The van der Waals surface area contributed by atoms with Crippen LogP contribution in [0.25, 0.3) is 0 Å². The summed E-state index contributed by atoms with van der Waals surface area (Å²) in [7, 11) is 0. The lowest BCUT2D eigenvalue weighted by Crippen LogP contribution is -2.58. The van der Waals surface area contributed by atoms with Crippen molar-refractivity contribution in [1.82, 2.24) is 25.9 Å². The first-order valence-electron chi connectivity index (χ1n) is 11.6. The number of carboxylic acid groups (broad SMARTS) is 1. The van der Waals surface area contributed by atoms with Crippen molar-refractivity contribution in [2.45, 2.75) is 70.1 Å². The lowest BCUT2D eigenvalue weighted by atomic mass is 10.0. The number of nitrogens with one attached hydrogen (secondary N) is 4. The predicted molar refractivity (Wildman–Crippen MR) is 135 cm³/mol. The van der Waals surface area contributed by atoms with Crippen LogP contribution in [0.2, 0.25) is 0 Å². The maximum absolute atomic E-state index is 13.2. The Balaban J connectivity index is 3.04. The number of aromatic amines is 1. The van der Waals surface area contributed by atoms with E-state index < -0.39 is 53.8 Å². The average molecular weight is 528 g/mol. The van der Waals surface area contributed by atoms with Gasteiger partial charge in [0, 0.05) is 24.7 Å². The number of carbonyl (C=O) groups is 5. The molecule has 0 aliphatic rings. The van der Waals surface area contributed by atoms with E-state index in [0.717, 1.165) is 0 Å². The number of carboxylic acids is 1. The summed E-state index contributed by atoms with van der Waals surface area (Å²) in [5.41, 5.74) is 11.5. The minimum atomic E-state index is -1.38. The van der Waals surface area contributed by atoms with Gasteiger partial charge < -0.3 is 37.5 Å². The van der Waals surface area contributed by atoms with Gasteiger partial charge in [0.05, 0.1) is 12.4 Å². The molecule has 0 aliphatic heterocycles. The Morgan fingerprint density at radius 1 is 1.03 bits per heavy atom. The monoisotopic (exact) mass is 527 g/mol. The van der Waals surface area contributed by atoms with E-state index in [1.165, 1.54) is 12.5 Å². The lowest BCUT2D eigenvalue weighted by molar-refractivity contribution is -0.142. The van der Waals surface area contributed by atoms with E-state index in [-0.39, 0.29) is 25.2 Å². The molecule has 14 heteroatoms. The van der Waals surface area contributed by atoms with Crippen molar-refractivity contribution >= 4 is 41.4 Å². The number of imidazole rings is 1. The number of rotatable bonds is 17. The van der Waals surface area contributed by atoms with Crippen LogP contribution in [0.1, 0.15) is 45.2 Å². The molecule has 9 N–H and O–H groups in total. The molecule has 4 amide bonds. The van der Waals surface area contributed by atoms with Crippen LogP contribution in [0.5, 0.6) is 0 Å². The lowest BCUT2D eigenvalue weighted by Gasteiger charge is -2.26. The quantitative estimate of drug-likeness (QED) is 0.130. The van der Waals surface area contributed by atoms with E-state index in [2.05, 4.69) is 25.9 Å². The molecule has 0 aliphatic carbocycles. The van der Waals surface area contributed by atoms with E-state index in [4.69, 9.17) is 11.5 Å². The van der Waals surface area contributed by atoms with Gasteiger partial charge in [-0.2, -0.15) is 11.8 Å². The Kier molecular flexibility index (Phi) is 13.5. The highest BCUT2D eigenvalue weighted by molar-refractivity contribution is 7.98. The van der Waals surface area contributed by atoms with Crippen LogP contribution in [0.15, 0.2) is 12.5 Å².